The fourth-order valence-electron chi connectivity index (χ4n) is 2.44. The van der Waals surface area contributed by atoms with E-state index in [1.54, 1.807) is 7.05 Å². The molecule has 1 aliphatic carbocycles. The molecule has 3 nitrogen and oxygen atoms in total. The molecule has 1 amide bonds. The molecular formula is C11H19FN2O. The van der Waals surface area contributed by atoms with Crippen LogP contribution in [0.2, 0.25) is 0 Å². The zero-order chi connectivity index (χ0) is 11.1. The lowest BCUT2D eigenvalue weighted by Gasteiger charge is -2.28. The van der Waals surface area contributed by atoms with E-state index in [9.17, 15) is 9.18 Å². The molecule has 1 aliphatic heterocycles. The van der Waals surface area contributed by atoms with E-state index in [1.807, 2.05) is 11.8 Å². The maximum atomic E-state index is 13.9. The third-order valence-corrected chi connectivity index (χ3v) is 3.62. The number of hydrogen-bond acceptors (Lipinski definition) is 2. The zero-order valence-corrected chi connectivity index (χ0v) is 9.42. The van der Waals surface area contributed by atoms with Gasteiger partial charge >= 0.3 is 0 Å². The summed E-state index contributed by atoms with van der Waals surface area (Å²) in [7, 11) is 1.67. The molecule has 0 radical (unpaired) electrons. The number of halogens is 1. The lowest BCUT2D eigenvalue weighted by Crippen LogP contribution is -2.52. The van der Waals surface area contributed by atoms with Gasteiger partial charge in [0.05, 0.1) is 0 Å². The summed E-state index contributed by atoms with van der Waals surface area (Å²) in [5.41, 5.74) is -1.27. The van der Waals surface area contributed by atoms with Crippen LogP contribution in [0.3, 0.4) is 0 Å². The van der Waals surface area contributed by atoms with Crippen molar-refractivity contribution in [2.45, 2.75) is 50.4 Å². The molecule has 0 aromatic carbocycles. The van der Waals surface area contributed by atoms with Crippen LogP contribution < -0.4 is 5.32 Å². The summed E-state index contributed by atoms with van der Waals surface area (Å²) < 4.78 is 13.9. The standard InChI is InChI=1S/C11H19FN2O/c1-8-4-3-7-14(8)10(15)9(13-2)11(12)5-6-11/h8-9,13H,3-7H2,1-2H3. The molecule has 1 heterocycles. The monoisotopic (exact) mass is 214 g/mol. The maximum absolute atomic E-state index is 13.9. The molecule has 15 heavy (non-hydrogen) atoms. The molecule has 0 aromatic heterocycles. The molecule has 0 bridgehead atoms. The molecule has 2 fully saturated rings. The van der Waals surface area contributed by atoms with Gasteiger partial charge in [0.15, 0.2) is 0 Å². The summed E-state index contributed by atoms with van der Waals surface area (Å²) >= 11 is 0. The number of likely N-dealkylation sites (N-methyl/N-ethyl adjacent to an activating group) is 1. The Labute approximate surface area is 90.0 Å². The summed E-state index contributed by atoms with van der Waals surface area (Å²) in [5, 5.41) is 2.84. The van der Waals surface area contributed by atoms with Crippen molar-refractivity contribution in [3.63, 3.8) is 0 Å². The fraction of sp³-hybridized carbons (Fsp3) is 0.909. The van der Waals surface area contributed by atoms with Gasteiger partial charge in [0.1, 0.15) is 11.7 Å². The summed E-state index contributed by atoms with van der Waals surface area (Å²) in [6.07, 6.45) is 3.13. The van der Waals surface area contributed by atoms with Crippen molar-refractivity contribution in [2.24, 2.45) is 0 Å². The highest BCUT2D eigenvalue weighted by Crippen LogP contribution is 2.43. The van der Waals surface area contributed by atoms with Crippen molar-refractivity contribution in [2.75, 3.05) is 13.6 Å². The molecular weight excluding hydrogens is 195 g/mol. The van der Waals surface area contributed by atoms with Crippen LogP contribution in [0.15, 0.2) is 0 Å². The van der Waals surface area contributed by atoms with E-state index in [-0.39, 0.29) is 11.9 Å². The van der Waals surface area contributed by atoms with E-state index in [0.29, 0.717) is 12.8 Å². The Hall–Kier alpha value is -0.640. The van der Waals surface area contributed by atoms with Crippen LogP contribution in [-0.4, -0.2) is 42.2 Å². The van der Waals surface area contributed by atoms with Gasteiger partial charge in [0.2, 0.25) is 5.91 Å². The summed E-state index contributed by atoms with van der Waals surface area (Å²) in [6, 6.07) is -0.353. The summed E-state index contributed by atoms with van der Waals surface area (Å²) in [4.78, 5) is 13.9. The minimum Gasteiger partial charge on any atom is -0.339 e. The smallest absolute Gasteiger partial charge is 0.243 e. The Bertz CT molecular complexity index is 265. The quantitative estimate of drug-likeness (QED) is 0.762. The first-order chi connectivity index (χ1) is 7.08. The lowest BCUT2D eigenvalue weighted by molar-refractivity contribution is -0.136. The number of likely N-dealkylation sites (tertiary alicyclic amines) is 1. The van der Waals surface area contributed by atoms with Gasteiger partial charge in [0, 0.05) is 12.6 Å². The third-order valence-electron chi connectivity index (χ3n) is 3.62. The average molecular weight is 214 g/mol. The van der Waals surface area contributed by atoms with Gasteiger partial charge in [-0.2, -0.15) is 0 Å². The number of nitrogens with one attached hydrogen (secondary N) is 1. The van der Waals surface area contributed by atoms with Crippen molar-refractivity contribution in [1.29, 1.82) is 0 Å². The second kappa shape index (κ2) is 3.74. The van der Waals surface area contributed by atoms with Crippen molar-refractivity contribution >= 4 is 5.91 Å². The first kappa shape index (κ1) is 10.9. The van der Waals surface area contributed by atoms with Crippen molar-refractivity contribution in [3.05, 3.63) is 0 Å². The molecule has 86 valence electrons. The fourth-order valence-corrected chi connectivity index (χ4v) is 2.44. The summed E-state index contributed by atoms with van der Waals surface area (Å²) in [5.74, 6) is -0.0532. The Balaban J connectivity index is 2.05. The second-order valence-corrected chi connectivity index (χ2v) is 4.78. The van der Waals surface area contributed by atoms with Gasteiger partial charge in [-0.25, -0.2) is 4.39 Å². The van der Waals surface area contributed by atoms with E-state index < -0.39 is 11.7 Å². The number of carbonyl (C=O) groups is 1. The predicted octanol–water partition coefficient (Wildman–Crippen LogP) is 1.09. The van der Waals surface area contributed by atoms with Gasteiger partial charge in [-0.15, -0.1) is 0 Å². The first-order valence-electron chi connectivity index (χ1n) is 5.75. The number of amides is 1. The number of rotatable bonds is 3. The topological polar surface area (TPSA) is 32.3 Å². The van der Waals surface area contributed by atoms with Gasteiger partial charge in [-0.3, -0.25) is 4.79 Å². The van der Waals surface area contributed by atoms with E-state index in [1.165, 1.54) is 0 Å². The van der Waals surface area contributed by atoms with E-state index in [0.717, 1.165) is 19.4 Å². The minimum atomic E-state index is -1.27. The van der Waals surface area contributed by atoms with Crippen LogP contribution in [0.1, 0.15) is 32.6 Å². The van der Waals surface area contributed by atoms with Crippen LogP contribution in [0.25, 0.3) is 0 Å². The van der Waals surface area contributed by atoms with Crippen LogP contribution in [-0.2, 0) is 4.79 Å². The minimum absolute atomic E-state index is 0.0532. The third kappa shape index (κ3) is 1.87. The Morgan fingerprint density at radius 1 is 1.60 bits per heavy atom. The highest BCUT2D eigenvalue weighted by Gasteiger charge is 2.54. The molecule has 0 aromatic rings. The normalized spacial score (nSPS) is 30.3. The molecule has 2 aliphatic rings. The number of nitrogens with zero attached hydrogens (tertiary/aromatic N) is 1. The average Bonchev–Trinajstić information content (AvgIpc) is 2.78. The van der Waals surface area contributed by atoms with Crippen LogP contribution in [0.4, 0.5) is 4.39 Å². The van der Waals surface area contributed by atoms with Gasteiger partial charge < -0.3 is 10.2 Å². The maximum Gasteiger partial charge on any atom is 0.243 e. The van der Waals surface area contributed by atoms with Crippen LogP contribution >= 0.6 is 0 Å². The highest BCUT2D eigenvalue weighted by molar-refractivity contribution is 5.84. The predicted molar refractivity (Wildman–Crippen MR) is 56.3 cm³/mol. The second-order valence-electron chi connectivity index (χ2n) is 4.78. The van der Waals surface area contributed by atoms with Crippen molar-refractivity contribution < 1.29 is 9.18 Å². The summed E-state index contributed by atoms with van der Waals surface area (Å²) in [6.45, 7) is 2.82. The SMILES string of the molecule is CNC(C(=O)N1CCCC1C)C1(F)CC1. The highest BCUT2D eigenvalue weighted by atomic mass is 19.1. The van der Waals surface area contributed by atoms with Gasteiger partial charge in [0.25, 0.3) is 0 Å². The molecule has 2 atom stereocenters. The first-order valence-corrected chi connectivity index (χ1v) is 5.75. The van der Waals surface area contributed by atoms with Crippen molar-refractivity contribution in [1.82, 2.24) is 10.2 Å². The molecule has 1 saturated heterocycles. The molecule has 1 N–H and O–H groups in total. The molecule has 2 unspecified atom stereocenters. The Morgan fingerprint density at radius 2 is 2.27 bits per heavy atom. The molecule has 2 rings (SSSR count). The Kier molecular flexibility index (Phi) is 2.71. The van der Waals surface area contributed by atoms with Crippen LogP contribution in [0.5, 0.6) is 0 Å². The molecule has 4 heteroatoms. The number of hydrogen-bond donors (Lipinski definition) is 1. The number of carbonyl (C=O) groups excluding carboxylic acids is 1. The Morgan fingerprint density at radius 3 is 2.67 bits per heavy atom. The van der Waals surface area contributed by atoms with E-state index in [2.05, 4.69) is 5.32 Å². The largest absolute Gasteiger partial charge is 0.339 e. The lowest BCUT2D eigenvalue weighted by atomic mass is 10.1. The zero-order valence-electron chi connectivity index (χ0n) is 9.42. The van der Waals surface area contributed by atoms with Gasteiger partial charge in [-0.1, -0.05) is 0 Å². The van der Waals surface area contributed by atoms with Crippen LogP contribution in [0, 0.1) is 0 Å². The van der Waals surface area contributed by atoms with E-state index >= 15 is 0 Å². The van der Waals surface area contributed by atoms with E-state index in [4.69, 9.17) is 0 Å². The van der Waals surface area contributed by atoms with Gasteiger partial charge in [-0.05, 0) is 39.7 Å². The molecule has 1 saturated carbocycles. The molecule has 0 spiro atoms. The number of alkyl halides is 1. The van der Waals surface area contributed by atoms with Crippen molar-refractivity contribution in [3.8, 4) is 0 Å².